The zero-order chi connectivity index (χ0) is 15.1. The highest BCUT2D eigenvalue weighted by molar-refractivity contribution is 7.89. The van der Waals surface area contributed by atoms with E-state index in [4.69, 9.17) is 4.74 Å². The molecule has 118 valence electrons. The largest absolute Gasteiger partial charge is 0.378 e. The normalized spacial score (nSPS) is 19.4. The molecule has 1 aromatic rings. The van der Waals surface area contributed by atoms with Crippen LogP contribution in [0.15, 0.2) is 23.2 Å². The number of rotatable bonds is 7. The van der Waals surface area contributed by atoms with E-state index in [2.05, 4.69) is 15.0 Å². The molecule has 1 aromatic heterocycles. The second-order valence-corrected chi connectivity index (χ2v) is 6.85. The third-order valence-corrected chi connectivity index (χ3v) is 4.88. The summed E-state index contributed by atoms with van der Waals surface area (Å²) in [6.45, 7) is 3.88. The molecule has 0 spiro atoms. The molecule has 0 saturated carbocycles. The first-order chi connectivity index (χ1) is 10.1. The van der Waals surface area contributed by atoms with E-state index in [1.807, 2.05) is 6.92 Å². The summed E-state index contributed by atoms with van der Waals surface area (Å²) in [4.78, 5) is 4.27. The van der Waals surface area contributed by atoms with Crippen LogP contribution in [0.5, 0.6) is 0 Å². The standard InChI is InChI=1S/C14H23N3O3S/c1-2-15-14-7-6-13(11-16-14)21(18,19)17-9-8-12-5-3-4-10-20-12/h6-7,11-12,17H,2-5,8-10H2,1H3,(H,15,16). The Labute approximate surface area is 126 Å². The van der Waals surface area contributed by atoms with Gasteiger partial charge in [-0.2, -0.15) is 0 Å². The zero-order valence-electron chi connectivity index (χ0n) is 12.3. The highest BCUT2D eigenvalue weighted by Gasteiger charge is 2.17. The van der Waals surface area contributed by atoms with Gasteiger partial charge in [0, 0.05) is 25.9 Å². The van der Waals surface area contributed by atoms with Crippen LogP contribution in [-0.2, 0) is 14.8 Å². The van der Waals surface area contributed by atoms with Crippen molar-refractivity contribution < 1.29 is 13.2 Å². The minimum absolute atomic E-state index is 0.177. The van der Waals surface area contributed by atoms with Gasteiger partial charge in [0.15, 0.2) is 0 Å². The molecule has 0 aromatic carbocycles. The van der Waals surface area contributed by atoms with Crippen molar-refractivity contribution in [2.45, 2.75) is 43.6 Å². The summed E-state index contributed by atoms with van der Waals surface area (Å²) in [6, 6.07) is 3.23. The lowest BCUT2D eigenvalue weighted by Gasteiger charge is -2.22. The summed E-state index contributed by atoms with van der Waals surface area (Å²) in [6.07, 6.45) is 5.54. The summed E-state index contributed by atoms with van der Waals surface area (Å²) < 4.78 is 32.5. The minimum Gasteiger partial charge on any atom is -0.378 e. The number of nitrogens with zero attached hydrogens (tertiary/aromatic N) is 1. The molecule has 0 aliphatic carbocycles. The van der Waals surface area contributed by atoms with Crippen LogP contribution in [0.25, 0.3) is 0 Å². The maximum absolute atomic E-state index is 12.1. The average molecular weight is 313 g/mol. The average Bonchev–Trinajstić information content (AvgIpc) is 2.49. The van der Waals surface area contributed by atoms with Gasteiger partial charge in [0.2, 0.25) is 10.0 Å². The Hall–Kier alpha value is -1.18. The number of sulfonamides is 1. The summed E-state index contributed by atoms with van der Waals surface area (Å²) in [7, 11) is -3.49. The van der Waals surface area contributed by atoms with Gasteiger partial charge < -0.3 is 10.1 Å². The van der Waals surface area contributed by atoms with Crippen molar-refractivity contribution in [1.29, 1.82) is 0 Å². The second kappa shape index (κ2) is 7.72. The molecule has 1 aliphatic rings. The van der Waals surface area contributed by atoms with Crippen LogP contribution < -0.4 is 10.0 Å². The molecular formula is C14H23N3O3S. The Balaban J connectivity index is 1.85. The number of anilines is 1. The van der Waals surface area contributed by atoms with Gasteiger partial charge in [0.25, 0.3) is 0 Å². The summed E-state index contributed by atoms with van der Waals surface area (Å²) in [5.41, 5.74) is 0. The molecule has 1 fully saturated rings. The highest BCUT2D eigenvalue weighted by Crippen LogP contribution is 2.15. The van der Waals surface area contributed by atoms with Crippen LogP contribution in [0.1, 0.15) is 32.6 Å². The van der Waals surface area contributed by atoms with E-state index in [-0.39, 0.29) is 11.0 Å². The third kappa shape index (κ3) is 4.94. The summed E-state index contributed by atoms with van der Waals surface area (Å²) in [5.74, 6) is 0.673. The molecule has 6 nitrogen and oxygen atoms in total. The molecule has 2 rings (SSSR count). The van der Waals surface area contributed by atoms with Gasteiger partial charge in [-0.1, -0.05) is 0 Å². The predicted octanol–water partition coefficient (Wildman–Crippen LogP) is 1.75. The van der Waals surface area contributed by atoms with Gasteiger partial charge in [-0.05, 0) is 44.7 Å². The molecule has 21 heavy (non-hydrogen) atoms. The molecule has 2 heterocycles. The van der Waals surface area contributed by atoms with Crippen molar-refractivity contribution in [3.05, 3.63) is 18.3 Å². The van der Waals surface area contributed by atoms with Crippen molar-refractivity contribution in [1.82, 2.24) is 9.71 Å². The van der Waals surface area contributed by atoms with Gasteiger partial charge >= 0.3 is 0 Å². The van der Waals surface area contributed by atoms with E-state index in [9.17, 15) is 8.42 Å². The minimum atomic E-state index is -3.49. The van der Waals surface area contributed by atoms with Crippen LogP contribution in [0.3, 0.4) is 0 Å². The third-order valence-electron chi connectivity index (χ3n) is 3.44. The molecule has 1 atom stereocenters. The number of aromatic nitrogens is 1. The van der Waals surface area contributed by atoms with E-state index in [1.165, 1.54) is 6.20 Å². The molecule has 2 N–H and O–H groups in total. The van der Waals surface area contributed by atoms with E-state index in [1.54, 1.807) is 12.1 Å². The van der Waals surface area contributed by atoms with Crippen LogP contribution in [0, 0.1) is 0 Å². The SMILES string of the molecule is CCNc1ccc(S(=O)(=O)NCCC2CCCCO2)cn1. The number of hydrogen-bond acceptors (Lipinski definition) is 5. The lowest BCUT2D eigenvalue weighted by molar-refractivity contribution is 0.0123. The Bertz CT molecular complexity index is 525. The Morgan fingerprint density at radius 2 is 2.24 bits per heavy atom. The summed E-state index contributed by atoms with van der Waals surface area (Å²) in [5, 5.41) is 3.03. The number of pyridine rings is 1. The fraction of sp³-hybridized carbons (Fsp3) is 0.643. The van der Waals surface area contributed by atoms with Crippen molar-refractivity contribution in [2.24, 2.45) is 0 Å². The first-order valence-corrected chi connectivity index (χ1v) is 8.91. The first-order valence-electron chi connectivity index (χ1n) is 7.43. The maximum Gasteiger partial charge on any atom is 0.242 e. The highest BCUT2D eigenvalue weighted by atomic mass is 32.2. The van der Waals surface area contributed by atoms with Gasteiger partial charge in [0.05, 0.1) is 6.10 Å². The molecule has 1 unspecified atom stereocenters. The monoisotopic (exact) mass is 313 g/mol. The lowest BCUT2D eigenvalue weighted by Crippen LogP contribution is -2.29. The van der Waals surface area contributed by atoms with E-state index in [0.29, 0.717) is 18.8 Å². The van der Waals surface area contributed by atoms with Crippen LogP contribution >= 0.6 is 0 Å². The van der Waals surface area contributed by atoms with Gasteiger partial charge in [-0.3, -0.25) is 0 Å². The van der Waals surface area contributed by atoms with Gasteiger partial charge in [0.1, 0.15) is 10.7 Å². The Morgan fingerprint density at radius 3 is 2.86 bits per heavy atom. The lowest BCUT2D eigenvalue weighted by atomic mass is 10.1. The van der Waals surface area contributed by atoms with E-state index < -0.39 is 10.0 Å². The van der Waals surface area contributed by atoms with Crippen LogP contribution in [0.4, 0.5) is 5.82 Å². The van der Waals surface area contributed by atoms with Crippen molar-refractivity contribution >= 4 is 15.8 Å². The molecule has 0 amide bonds. The van der Waals surface area contributed by atoms with Crippen molar-refractivity contribution in [3.63, 3.8) is 0 Å². The molecule has 7 heteroatoms. The predicted molar refractivity (Wildman–Crippen MR) is 81.8 cm³/mol. The zero-order valence-corrected chi connectivity index (χ0v) is 13.2. The van der Waals surface area contributed by atoms with E-state index in [0.717, 1.165) is 32.4 Å². The summed E-state index contributed by atoms with van der Waals surface area (Å²) >= 11 is 0. The fourth-order valence-corrected chi connectivity index (χ4v) is 3.29. The number of hydrogen-bond donors (Lipinski definition) is 2. The van der Waals surface area contributed by atoms with Crippen LogP contribution in [-0.4, -0.2) is 39.2 Å². The van der Waals surface area contributed by atoms with Gasteiger partial charge in [-0.25, -0.2) is 18.1 Å². The van der Waals surface area contributed by atoms with Gasteiger partial charge in [-0.15, -0.1) is 0 Å². The Kier molecular flexibility index (Phi) is 5.96. The first kappa shape index (κ1) is 16.2. The molecule has 0 bridgehead atoms. The van der Waals surface area contributed by atoms with Crippen molar-refractivity contribution in [3.8, 4) is 0 Å². The molecule has 1 aliphatic heterocycles. The smallest absolute Gasteiger partial charge is 0.242 e. The quantitative estimate of drug-likeness (QED) is 0.801. The molecule has 0 radical (unpaired) electrons. The van der Waals surface area contributed by atoms with Crippen molar-refractivity contribution in [2.75, 3.05) is 25.0 Å². The number of ether oxygens (including phenoxy) is 1. The van der Waals surface area contributed by atoms with E-state index >= 15 is 0 Å². The molecule has 1 saturated heterocycles. The molecular weight excluding hydrogens is 290 g/mol. The topological polar surface area (TPSA) is 80.3 Å². The maximum atomic E-state index is 12.1. The number of nitrogens with one attached hydrogen (secondary N) is 2. The fourth-order valence-electron chi connectivity index (χ4n) is 2.30. The van der Waals surface area contributed by atoms with Crippen LogP contribution in [0.2, 0.25) is 0 Å². The second-order valence-electron chi connectivity index (χ2n) is 5.08. The Morgan fingerprint density at radius 1 is 1.38 bits per heavy atom.